The highest BCUT2D eigenvalue weighted by molar-refractivity contribution is 7.99. The van der Waals surface area contributed by atoms with Gasteiger partial charge in [0.25, 0.3) is 0 Å². The van der Waals surface area contributed by atoms with Crippen LogP contribution in [0, 0.1) is 6.92 Å². The maximum Gasteiger partial charge on any atom is 0.208 e. The standard InChI is InChI=1S/C12H13N3OS2/c1-3-17-12-14-6-8(11(13)15-12)9(16)10-7(2)4-5-18-10/h4-6H,3H2,1-2H3,(H2,13,14,15). The Hall–Kier alpha value is -1.40. The van der Waals surface area contributed by atoms with Gasteiger partial charge in [-0.1, -0.05) is 18.7 Å². The zero-order valence-electron chi connectivity index (χ0n) is 10.1. The van der Waals surface area contributed by atoms with E-state index >= 15 is 0 Å². The van der Waals surface area contributed by atoms with E-state index in [4.69, 9.17) is 5.73 Å². The molecule has 0 aliphatic rings. The second-order valence-electron chi connectivity index (χ2n) is 3.65. The van der Waals surface area contributed by atoms with E-state index in [2.05, 4.69) is 9.97 Å². The number of nitrogens with two attached hydrogens (primary N) is 1. The molecule has 0 bridgehead atoms. The Kier molecular flexibility index (Phi) is 3.98. The van der Waals surface area contributed by atoms with Crippen LogP contribution in [0.1, 0.15) is 27.7 Å². The molecule has 0 aliphatic heterocycles. The van der Waals surface area contributed by atoms with Gasteiger partial charge in [-0.2, -0.15) is 0 Å². The van der Waals surface area contributed by atoms with Gasteiger partial charge in [-0.05, 0) is 29.7 Å². The highest BCUT2D eigenvalue weighted by Gasteiger charge is 2.17. The predicted octanol–water partition coefficient (Wildman–Crippen LogP) is 2.77. The number of anilines is 1. The number of nitrogens with zero attached hydrogens (tertiary/aromatic N) is 2. The van der Waals surface area contributed by atoms with Gasteiger partial charge in [-0.3, -0.25) is 4.79 Å². The first kappa shape index (κ1) is 13.0. The number of carbonyl (C=O) groups is 1. The van der Waals surface area contributed by atoms with E-state index in [1.54, 1.807) is 0 Å². The highest BCUT2D eigenvalue weighted by Crippen LogP contribution is 2.23. The Balaban J connectivity index is 2.34. The molecule has 2 N–H and O–H groups in total. The summed E-state index contributed by atoms with van der Waals surface area (Å²) in [6.07, 6.45) is 1.52. The molecule has 0 atom stereocenters. The smallest absolute Gasteiger partial charge is 0.208 e. The van der Waals surface area contributed by atoms with Gasteiger partial charge in [0, 0.05) is 6.20 Å². The average Bonchev–Trinajstić information content (AvgIpc) is 2.75. The van der Waals surface area contributed by atoms with E-state index in [1.807, 2.05) is 25.3 Å². The summed E-state index contributed by atoms with van der Waals surface area (Å²) in [6, 6.07) is 1.91. The van der Waals surface area contributed by atoms with Crippen LogP contribution in [0.4, 0.5) is 5.82 Å². The van der Waals surface area contributed by atoms with E-state index in [0.29, 0.717) is 15.6 Å². The third-order valence-corrected chi connectivity index (χ3v) is 4.14. The van der Waals surface area contributed by atoms with Crippen LogP contribution in [-0.4, -0.2) is 21.5 Å². The Morgan fingerprint density at radius 1 is 1.56 bits per heavy atom. The van der Waals surface area contributed by atoms with E-state index in [1.165, 1.54) is 29.3 Å². The summed E-state index contributed by atoms with van der Waals surface area (Å²) in [5, 5.41) is 2.50. The molecule has 0 spiro atoms. The summed E-state index contributed by atoms with van der Waals surface area (Å²) in [6.45, 7) is 3.92. The van der Waals surface area contributed by atoms with Gasteiger partial charge >= 0.3 is 0 Å². The summed E-state index contributed by atoms with van der Waals surface area (Å²) < 4.78 is 0. The van der Waals surface area contributed by atoms with Gasteiger partial charge in [0.1, 0.15) is 5.82 Å². The largest absolute Gasteiger partial charge is 0.383 e. The van der Waals surface area contributed by atoms with Crippen molar-refractivity contribution in [1.82, 2.24) is 9.97 Å². The molecule has 2 rings (SSSR count). The molecule has 0 aliphatic carbocycles. The molecule has 2 heterocycles. The Labute approximate surface area is 114 Å². The summed E-state index contributed by atoms with van der Waals surface area (Å²) >= 11 is 2.91. The lowest BCUT2D eigenvalue weighted by Gasteiger charge is -2.04. The van der Waals surface area contributed by atoms with Crippen molar-refractivity contribution >= 4 is 34.7 Å². The number of hydrogen-bond acceptors (Lipinski definition) is 6. The summed E-state index contributed by atoms with van der Waals surface area (Å²) in [7, 11) is 0. The van der Waals surface area contributed by atoms with Gasteiger partial charge in [-0.25, -0.2) is 9.97 Å². The molecule has 2 aromatic heterocycles. The number of aryl methyl sites for hydroxylation is 1. The first-order chi connectivity index (χ1) is 8.63. The van der Waals surface area contributed by atoms with Crippen molar-refractivity contribution in [3.05, 3.63) is 33.6 Å². The van der Waals surface area contributed by atoms with Gasteiger partial charge in [0.15, 0.2) is 5.16 Å². The van der Waals surface area contributed by atoms with Crippen LogP contribution in [0.2, 0.25) is 0 Å². The van der Waals surface area contributed by atoms with Crippen LogP contribution >= 0.6 is 23.1 Å². The van der Waals surface area contributed by atoms with Crippen LogP contribution < -0.4 is 5.73 Å². The molecule has 0 fully saturated rings. The topological polar surface area (TPSA) is 68.9 Å². The predicted molar refractivity (Wildman–Crippen MR) is 75.3 cm³/mol. The number of rotatable bonds is 4. The second-order valence-corrected chi connectivity index (χ2v) is 5.79. The second kappa shape index (κ2) is 5.49. The van der Waals surface area contributed by atoms with Crippen LogP contribution in [0.25, 0.3) is 0 Å². The fourth-order valence-corrected chi connectivity index (χ4v) is 2.91. The van der Waals surface area contributed by atoms with E-state index in [0.717, 1.165) is 11.3 Å². The fraction of sp³-hybridized carbons (Fsp3) is 0.250. The third kappa shape index (κ3) is 2.54. The van der Waals surface area contributed by atoms with Gasteiger partial charge in [-0.15, -0.1) is 11.3 Å². The van der Waals surface area contributed by atoms with Crippen LogP contribution in [0.15, 0.2) is 22.8 Å². The van der Waals surface area contributed by atoms with Crippen LogP contribution in [-0.2, 0) is 0 Å². The van der Waals surface area contributed by atoms with Crippen molar-refractivity contribution < 1.29 is 4.79 Å². The lowest BCUT2D eigenvalue weighted by atomic mass is 10.1. The lowest BCUT2D eigenvalue weighted by molar-refractivity contribution is 0.104. The van der Waals surface area contributed by atoms with E-state index in [9.17, 15) is 4.79 Å². The molecule has 0 saturated carbocycles. The maximum atomic E-state index is 12.3. The molecular formula is C12H13N3OS2. The number of thioether (sulfide) groups is 1. The molecule has 0 saturated heterocycles. The third-order valence-electron chi connectivity index (χ3n) is 2.38. The van der Waals surface area contributed by atoms with E-state index in [-0.39, 0.29) is 11.6 Å². The molecule has 6 heteroatoms. The van der Waals surface area contributed by atoms with Crippen molar-refractivity contribution in [2.45, 2.75) is 19.0 Å². The minimum absolute atomic E-state index is 0.104. The van der Waals surface area contributed by atoms with Gasteiger partial charge in [0.2, 0.25) is 5.78 Å². The zero-order valence-corrected chi connectivity index (χ0v) is 11.8. The van der Waals surface area contributed by atoms with Crippen molar-refractivity contribution in [1.29, 1.82) is 0 Å². The fourth-order valence-electron chi connectivity index (χ4n) is 1.48. The van der Waals surface area contributed by atoms with Crippen LogP contribution in [0.3, 0.4) is 0 Å². The SMILES string of the molecule is CCSc1ncc(C(=O)c2sccc2C)c(N)n1. The van der Waals surface area contributed by atoms with Crippen molar-refractivity contribution in [3.8, 4) is 0 Å². The summed E-state index contributed by atoms with van der Waals surface area (Å²) in [5.74, 6) is 1.02. The van der Waals surface area contributed by atoms with Gasteiger partial charge < -0.3 is 5.73 Å². The normalized spacial score (nSPS) is 10.6. The number of nitrogen functional groups attached to an aromatic ring is 1. The van der Waals surface area contributed by atoms with Crippen molar-refractivity contribution in [2.24, 2.45) is 0 Å². The first-order valence-electron chi connectivity index (χ1n) is 5.47. The Bertz CT molecular complexity index is 580. The molecule has 2 aromatic rings. The molecular weight excluding hydrogens is 266 g/mol. The summed E-state index contributed by atoms with van der Waals surface area (Å²) in [4.78, 5) is 21.2. The molecule has 0 aromatic carbocycles. The lowest BCUT2D eigenvalue weighted by Crippen LogP contribution is -2.08. The Morgan fingerprint density at radius 2 is 2.33 bits per heavy atom. The monoisotopic (exact) mass is 279 g/mol. The number of aromatic nitrogens is 2. The quantitative estimate of drug-likeness (QED) is 0.529. The molecule has 18 heavy (non-hydrogen) atoms. The molecule has 94 valence electrons. The number of ketones is 1. The van der Waals surface area contributed by atoms with Gasteiger partial charge in [0.05, 0.1) is 10.4 Å². The first-order valence-corrected chi connectivity index (χ1v) is 7.34. The van der Waals surface area contributed by atoms with E-state index < -0.39 is 0 Å². The number of thiophene rings is 1. The van der Waals surface area contributed by atoms with Crippen LogP contribution in [0.5, 0.6) is 0 Å². The maximum absolute atomic E-state index is 12.3. The number of carbonyl (C=O) groups excluding carboxylic acids is 1. The molecule has 0 amide bonds. The minimum atomic E-state index is -0.104. The summed E-state index contributed by atoms with van der Waals surface area (Å²) in [5.41, 5.74) is 7.16. The Morgan fingerprint density at radius 3 is 2.89 bits per heavy atom. The average molecular weight is 279 g/mol. The molecule has 0 unspecified atom stereocenters. The molecule has 0 radical (unpaired) electrons. The number of hydrogen-bond donors (Lipinski definition) is 1. The minimum Gasteiger partial charge on any atom is -0.383 e. The zero-order chi connectivity index (χ0) is 13.1. The highest BCUT2D eigenvalue weighted by atomic mass is 32.2. The van der Waals surface area contributed by atoms with Crippen molar-refractivity contribution in [3.63, 3.8) is 0 Å². The van der Waals surface area contributed by atoms with Crippen molar-refractivity contribution in [2.75, 3.05) is 11.5 Å². The molecule has 4 nitrogen and oxygen atoms in total.